The van der Waals surface area contributed by atoms with Crippen LogP contribution in [-0.2, 0) is 6.54 Å². The SMILES string of the molecule is CC(O)(Cn1[nH]cnc1=S)C1(Cl)CC1.Cc1ccccc1Cl. The molecule has 1 atom stereocenters. The molecule has 1 saturated carbocycles. The van der Waals surface area contributed by atoms with Crippen LogP contribution in [-0.4, -0.2) is 30.3 Å². The molecular weight excluding hydrogens is 341 g/mol. The molecule has 2 aromatic rings. The fourth-order valence-electron chi connectivity index (χ4n) is 2.04. The third kappa shape index (κ3) is 4.10. The molecule has 1 aromatic heterocycles. The minimum atomic E-state index is -0.945. The highest BCUT2D eigenvalue weighted by molar-refractivity contribution is 7.71. The van der Waals surface area contributed by atoms with Crippen LogP contribution < -0.4 is 0 Å². The highest BCUT2D eigenvalue weighted by Gasteiger charge is 2.55. The number of alkyl halides is 1. The van der Waals surface area contributed by atoms with E-state index >= 15 is 0 Å². The summed E-state index contributed by atoms with van der Waals surface area (Å²) in [6.07, 6.45) is 3.21. The molecule has 1 heterocycles. The first-order chi connectivity index (χ1) is 10.3. The fraction of sp³-hybridized carbons (Fsp3) is 0.467. The topological polar surface area (TPSA) is 53.8 Å². The highest BCUT2D eigenvalue weighted by Crippen LogP contribution is 2.51. The smallest absolute Gasteiger partial charge is 0.215 e. The van der Waals surface area contributed by atoms with Crippen molar-refractivity contribution in [3.8, 4) is 0 Å². The van der Waals surface area contributed by atoms with Gasteiger partial charge in [0.1, 0.15) is 11.9 Å². The zero-order valence-electron chi connectivity index (χ0n) is 12.5. The van der Waals surface area contributed by atoms with Gasteiger partial charge in [-0.25, -0.2) is 4.98 Å². The first-order valence-electron chi connectivity index (χ1n) is 6.98. The third-order valence-electron chi connectivity index (χ3n) is 3.82. The molecule has 3 rings (SSSR count). The first kappa shape index (κ1) is 17.5. The van der Waals surface area contributed by atoms with Gasteiger partial charge < -0.3 is 5.11 Å². The lowest BCUT2D eigenvalue weighted by Crippen LogP contribution is -2.42. The Kier molecular flexibility index (Phi) is 5.33. The van der Waals surface area contributed by atoms with Gasteiger partial charge in [-0.2, -0.15) is 0 Å². The highest BCUT2D eigenvalue weighted by atomic mass is 35.5. The van der Waals surface area contributed by atoms with E-state index in [-0.39, 0.29) is 0 Å². The van der Waals surface area contributed by atoms with Gasteiger partial charge in [0, 0.05) is 5.02 Å². The maximum atomic E-state index is 10.2. The van der Waals surface area contributed by atoms with Crippen molar-refractivity contribution in [2.75, 3.05) is 0 Å². The Labute approximate surface area is 145 Å². The van der Waals surface area contributed by atoms with Gasteiger partial charge in [0.25, 0.3) is 0 Å². The minimum absolute atomic E-state index is 0.356. The zero-order chi connectivity index (χ0) is 16.4. The van der Waals surface area contributed by atoms with Crippen LogP contribution in [0.4, 0.5) is 0 Å². The number of aryl methyl sites for hydroxylation is 1. The van der Waals surface area contributed by atoms with Crippen LogP contribution >= 0.6 is 35.4 Å². The van der Waals surface area contributed by atoms with Gasteiger partial charge in [-0.15, -0.1) is 11.6 Å². The largest absolute Gasteiger partial charge is 0.386 e. The summed E-state index contributed by atoms with van der Waals surface area (Å²) in [7, 11) is 0. The van der Waals surface area contributed by atoms with E-state index in [9.17, 15) is 5.11 Å². The Balaban J connectivity index is 0.000000188. The molecule has 7 heteroatoms. The second-order valence-corrected chi connectivity index (χ2v) is 7.24. The van der Waals surface area contributed by atoms with Crippen LogP contribution in [0, 0.1) is 11.7 Å². The number of aromatic nitrogens is 3. The Bertz CT molecular complexity index is 671. The fourth-order valence-corrected chi connectivity index (χ4v) is 2.50. The number of rotatable bonds is 3. The zero-order valence-corrected chi connectivity index (χ0v) is 14.8. The molecule has 120 valence electrons. The van der Waals surface area contributed by atoms with Gasteiger partial charge in [0.05, 0.1) is 11.4 Å². The van der Waals surface area contributed by atoms with E-state index in [4.69, 9.17) is 35.4 Å². The van der Waals surface area contributed by atoms with Crippen LogP contribution in [0.5, 0.6) is 0 Å². The lowest BCUT2D eigenvalue weighted by atomic mass is 10.0. The van der Waals surface area contributed by atoms with Crippen molar-refractivity contribution in [2.45, 2.75) is 43.7 Å². The number of hydrogen-bond donors (Lipinski definition) is 2. The molecule has 1 fully saturated rings. The Morgan fingerprint density at radius 1 is 1.45 bits per heavy atom. The standard InChI is InChI=1S/C8H12ClN3OS.C7H7Cl/c1-7(13,8(9)2-3-8)4-12-6(14)10-5-11-12;1-6-4-2-3-5-7(6)8/h5,13H,2-4H2,1H3,(H,10,11,14);2-5H,1H3. The molecule has 1 aliphatic carbocycles. The van der Waals surface area contributed by atoms with Crippen LogP contribution in [0.1, 0.15) is 25.3 Å². The number of halogens is 2. The summed E-state index contributed by atoms with van der Waals surface area (Å²) in [4.78, 5) is 3.39. The molecule has 4 nitrogen and oxygen atoms in total. The van der Waals surface area contributed by atoms with Crippen molar-refractivity contribution in [1.29, 1.82) is 0 Å². The van der Waals surface area contributed by atoms with Crippen molar-refractivity contribution in [2.24, 2.45) is 0 Å². The average Bonchev–Trinajstić information content (AvgIpc) is 3.10. The quantitative estimate of drug-likeness (QED) is 0.640. The molecule has 0 saturated heterocycles. The predicted octanol–water partition coefficient (Wildman–Crippen LogP) is 4.11. The van der Waals surface area contributed by atoms with Gasteiger partial charge in [-0.1, -0.05) is 29.8 Å². The number of aromatic amines is 1. The van der Waals surface area contributed by atoms with Gasteiger partial charge in [-0.3, -0.25) is 9.78 Å². The second kappa shape index (κ2) is 6.71. The Hall–Kier alpha value is -0.880. The van der Waals surface area contributed by atoms with Crippen LogP contribution in [0.25, 0.3) is 0 Å². The van der Waals surface area contributed by atoms with Crippen LogP contribution in [0.2, 0.25) is 5.02 Å². The van der Waals surface area contributed by atoms with E-state index in [1.165, 1.54) is 6.33 Å². The maximum absolute atomic E-state index is 10.2. The summed E-state index contributed by atoms with van der Waals surface area (Å²) in [5.74, 6) is 0. The molecule has 22 heavy (non-hydrogen) atoms. The normalized spacial score (nSPS) is 18.0. The van der Waals surface area contributed by atoms with Gasteiger partial charge >= 0.3 is 0 Å². The van der Waals surface area contributed by atoms with E-state index in [2.05, 4.69) is 10.1 Å². The molecule has 0 aliphatic heterocycles. The van der Waals surface area contributed by atoms with E-state index in [0.717, 1.165) is 23.4 Å². The van der Waals surface area contributed by atoms with Crippen molar-refractivity contribution in [3.63, 3.8) is 0 Å². The van der Waals surface area contributed by atoms with E-state index in [1.54, 1.807) is 11.6 Å². The summed E-state index contributed by atoms with van der Waals surface area (Å²) in [6.45, 7) is 4.08. The predicted molar refractivity (Wildman–Crippen MR) is 92.0 cm³/mol. The van der Waals surface area contributed by atoms with E-state index in [1.807, 2.05) is 31.2 Å². The van der Waals surface area contributed by atoms with Crippen molar-refractivity contribution < 1.29 is 5.11 Å². The number of H-pyrrole nitrogens is 1. The van der Waals surface area contributed by atoms with Crippen molar-refractivity contribution in [3.05, 3.63) is 45.9 Å². The van der Waals surface area contributed by atoms with Crippen LogP contribution in [0.15, 0.2) is 30.6 Å². The number of hydrogen-bond acceptors (Lipinski definition) is 3. The lowest BCUT2D eigenvalue weighted by Gasteiger charge is -2.28. The van der Waals surface area contributed by atoms with Crippen LogP contribution in [0.3, 0.4) is 0 Å². The monoisotopic (exact) mass is 359 g/mol. The van der Waals surface area contributed by atoms with Gasteiger partial charge in [0.2, 0.25) is 4.77 Å². The summed E-state index contributed by atoms with van der Waals surface area (Å²) in [5.41, 5.74) is 0.188. The summed E-state index contributed by atoms with van der Waals surface area (Å²) in [5, 5.41) is 13.8. The van der Waals surface area contributed by atoms with Crippen molar-refractivity contribution >= 4 is 35.4 Å². The number of nitrogens with one attached hydrogen (secondary N) is 1. The number of benzene rings is 1. The molecule has 1 aliphatic rings. The second-order valence-electron chi connectivity index (χ2n) is 5.74. The molecule has 1 unspecified atom stereocenters. The Morgan fingerprint density at radius 2 is 2.09 bits per heavy atom. The summed E-state index contributed by atoms with van der Waals surface area (Å²) < 4.78 is 2.06. The third-order valence-corrected chi connectivity index (χ3v) is 5.35. The van der Waals surface area contributed by atoms with Crippen molar-refractivity contribution in [1.82, 2.24) is 14.8 Å². The molecule has 2 N–H and O–H groups in total. The molecule has 0 amide bonds. The molecular formula is C15H19Cl2N3OS. The van der Waals surface area contributed by atoms with Gasteiger partial charge in [-0.05, 0) is 50.5 Å². The lowest BCUT2D eigenvalue weighted by molar-refractivity contribution is 0.0257. The summed E-state index contributed by atoms with van der Waals surface area (Å²) >= 11 is 16.8. The molecule has 1 aromatic carbocycles. The summed E-state index contributed by atoms with van der Waals surface area (Å²) in [6, 6.07) is 7.77. The minimum Gasteiger partial charge on any atom is -0.386 e. The molecule has 0 spiro atoms. The van der Waals surface area contributed by atoms with Gasteiger partial charge in [0.15, 0.2) is 0 Å². The number of nitrogens with zero attached hydrogens (tertiary/aromatic N) is 2. The molecule has 0 bridgehead atoms. The molecule has 0 radical (unpaired) electrons. The first-order valence-corrected chi connectivity index (χ1v) is 8.14. The average molecular weight is 360 g/mol. The number of aliphatic hydroxyl groups is 1. The Morgan fingerprint density at radius 3 is 2.50 bits per heavy atom. The van der Waals surface area contributed by atoms with E-state index in [0.29, 0.717) is 11.3 Å². The van der Waals surface area contributed by atoms with E-state index < -0.39 is 10.5 Å². The maximum Gasteiger partial charge on any atom is 0.215 e.